The molecule has 0 amide bonds. The van der Waals surface area contributed by atoms with E-state index in [0.29, 0.717) is 11.8 Å². The van der Waals surface area contributed by atoms with Crippen molar-refractivity contribution >= 4 is 24.0 Å². The molecule has 5 nitrogen and oxygen atoms in total. The van der Waals surface area contributed by atoms with Crippen LogP contribution in [0.5, 0.6) is 5.19 Å². The Morgan fingerprint density at radius 1 is 1.35 bits per heavy atom. The predicted molar refractivity (Wildman–Crippen MR) is 77.7 cm³/mol. The van der Waals surface area contributed by atoms with E-state index in [1.165, 1.54) is 11.3 Å². The number of rotatable bonds is 4. The van der Waals surface area contributed by atoms with Gasteiger partial charge in [-0.3, -0.25) is 0 Å². The maximum Gasteiger partial charge on any atom is 0.515 e. The smallest absolute Gasteiger partial charge is 0.467 e. The maximum atomic E-state index is 5.96. The van der Waals surface area contributed by atoms with Crippen molar-refractivity contribution in [3.8, 4) is 5.19 Å². The minimum atomic E-state index is -0.423. The molecule has 0 saturated carbocycles. The summed E-state index contributed by atoms with van der Waals surface area (Å²) in [5, 5.41) is 2.57. The van der Waals surface area contributed by atoms with E-state index in [4.69, 9.17) is 18.8 Å². The van der Waals surface area contributed by atoms with Gasteiger partial charge < -0.3 is 18.8 Å². The summed E-state index contributed by atoms with van der Waals surface area (Å²) in [7, 11) is -0.423. The summed E-state index contributed by atoms with van der Waals surface area (Å²) in [6, 6.07) is 0. The van der Waals surface area contributed by atoms with E-state index in [9.17, 15) is 0 Å². The Morgan fingerprint density at radius 3 is 2.55 bits per heavy atom. The van der Waals surface area contributed by atoms with Crippen LogP contribution in [0.4, 0.5) is 0 Å². The predicted octanol–water partition coefficient (Wildman–Crippen LogP) is 1.61. The third kappa shape index (κ3) is 2.59. The molecule has 3 rings (SSSR count). The van der Waals surface area contributed by atoms with Gasteiger partial charge in [-0.15, -0.1) is 0 Å². The van der Waals surface area contributed by atoms with Crippen LogP contribution in [0.1, 0.15) is 34.1 Å². The zero-order chi connectivity index (χ0) is 14.4. The second-order valence-corrected chi connectivity index (χ2v) is 7.04. The lowest BCUT2D eigenvalue weighted by Gasteiger charge is -2.32. The molecule has 0 aliphatic carbocycles. The van der Waals surface area contributed by atoms with Gasteiger partial charge in [-0.05, 0) is 27.7 Å². The van der Waals surface area contributed by atoms with Crippen molar-refractivity contribution in [3.63, 3.8) is 0 Å². The van der Waals surface area contributed by atoms with Crippen LogP contribution in [0.2, 0.25) is 0 Å². The Hall–Kier alpha value is -0.625. The summed E-state index contributed by atoms with van der Waals surface area (Å²) in [5.41, 5.74) is 0.0858. The molecule has 0 aromatic carbocycles. The van der Waals surface area contributed by atoms with Crippen LogP contribution >= 0.6 is 11.3 Å². The van der Waals surface area contributed by atoms with Crippen molar-refractivity contribution in [2.75, 3.05) is 13.2 Å². The summed E-state index contributed by atoms with van der Waals surface area (Å²) in [6.45, 7) is 9.53. The number of aromatic nitrogens is 1. The highest BCUT2D eigenvalue weighted by Crippen LogP contribution is 2.36. The third-order valence-corrected chi connectivity index (χ3v) is 4.95. The summed E-state index contributed by atoms with van der Waals surface area (Å²) >= 11 is 1.46. The van der Waals surface area contributed by atoms with Crippen LogP contribution in [0.25, 0.3) is 0 Å². The Morgan fingerprint density at radius 2 is 2.00 bits per heavy atom. The van der Waals surface area contributed by atoms with E-state index in [1.807, 2.05) is 33.1 Å². The van der Waals surface area contributed by atoms with E-state index in [1.54, 1.807) is 0 Å². The van der Waals surface area contributed by atoms with Gasteiger partial charge in [0.05, 0.1) is 22.9 Å². The van der Waals surface area contributed by atoms with Gasteiger partial charge in [-0.1, -0.05) is 11.3 Å². The van der Waals surface area contributed by atoms with Gasteiger partial charge in [-0.25, -0.2) is 4.98 Å². The largest absolute Gasteiger partial charge is 0.515 e. The van der Waals surface area contributed by atoms with Crippen molar-refractivity contribution in [3.05, 3.63) is 5.38 Å². The third-order valence-electron chi connectivity index (χ3n) is 4.18. The monoisotopic (exact) mass is 297 g/mol. The van der Waals surface area contributed by atoms with Crippen molar-refractivity contribution in [1.82, 2.24) is 4.98 Å². The molecule has 2 aliphatic heterocycles. The molecule has 0 radical (unpaired) electrons. The molecule has 1 unspecified atom stereocenters. The minimum absolute atomic E-state index is 0.221. The van der Waals surface area contributed by atoms with Crippen molar-refractivity contribution in [2.24, 2.45) is 0 Å². The Bertz CT molecular complexity index is 470. The highest BCUT2D eigenvalue weighted by Gasteiger charge is 2.52. The van der Waals surface area contributed by atoms with Crippen LogP contribution in [0.15, 0.2) is 5.38 Å². The Balaban J connectivity index is 1.62. The van der Waals surface area contributed by atoms with Gasteiger partial charge in [0.15, 0.2) is 0 Å². The normalized spacial score (nSPS) is 27.4. The summed E-state index contributed by atoms with van der Waals surface area (Å²) in [4.78, 5) is 4.44. The van der Waals surface area contributed by atoms with Gasteiger partial charge >= 0.3 is 7.12 Å². The van der Waals surface area contributed by atoms with Crippen LogP contribution in [0, 0.1) is 0 Å². The van der Waals surface area contributed by atoms with Crippen molar-refractivity contribution in [2.45, 2.75) is 51.4 Å². The van der Waals surface area contributed by atoms with Crippen LogP contribution < -0.4 is 10.3 Å². The number of ether oxygens (including phenoxy) is 2. The first-order chi connectivity index (χ1) is 9.37. The molecule has 0 bridgehead atoms. The molecule has 1 aromatic rings. The Labute approximate surface area is 123 Å². The van der Waals surface area contributed by atoms with Crippen LogP contribution in [0.3, 0.4) is 0 Å². The zero-order valence-corrected chi connectivity index (χ0v) is 13.2. The fourth-order valence-electron chi connectivity index (χ4n) is 1.99. The first-order valence-corrected chi connectivity index (χ1v) is 7.81. The quantitative estimate of drug-likeness (QED) is 0.790. The van der Waals surface area contributed by atoms with Gasteiger partial charge in [-0.2, -0.15) is 0 Å². The number of thiazole rings is 1. The van der Waals surface area contributed by atoms with Gasteiger partial charge in [0.1, 0.15) is 6.61 Å². The average molecular weight is 297 g/mol. The second-order valence-electron chi connectivity index (χ2n) is 6.22. The second kappa shape index (κ2) is 4.98. The molecule has 7 heteroatoms. The van der Waals surface area contributed by atoms with E-state index in [0.717, 1.165) is 18.6 Å². The van der Waals surface area contributed by atoms with Gasteiger partial charge in [0.25, 0.3) is 5.19 Å². The fraction of sp³-hybridized carbons (Fsp3) is 0.769. The molecule has 0 N–H and O–H groups in total. The van der Waals surface area contributed by atoms with E-state index < -0.39 is 7.12 Å². The minimum Gasteiger partial charge on any atom is -0.467 e. The molecule has 2 saturated heterocycles. The lowest BCUT2D eigenvalue weighted by Crippen LogP contribution is -2.41. The van der Waals surface area contributed by atoms with E-state index in [-0.39, 0.29) is 17.3 Å². The number of hydrogen-bond acceptors (Lipinski definition) is 6. The van der Waals surface area contributed by atoms with Gasteiger partial charge in [0, 0.05) is 18.4 Å². The van der Waals surface area contributed by atoms with E-state index in [2.05, 4.69) is 4.98 Å². The molecule has 1 atom stereocenters. The molecule has 1 aromatic heterocycles. The van der Waals surface area contributed by atoms with E-state index >= 15 is 0 Å². The lowest BCUT2D eigenvalue weighted by atomic mass is 9.86. The summed E-state index contributed by atoms with van der Waals surface area (Å²) in [5.74, 6) is 0. The maximum absolute atomic E-state index is 5.96. The highest BCUT2D eigenvalue weighted by molar-refractivity contribution is 7.12. The average Bonchev–Trinajstić information content (AvgIpc) is 2.81. The topological polar surface area (TPSA) is 49.8 Å². The molecule has 20 heavy (non-hydrogen) atoms. The first-order valence-electron chi connectivity index (χ1n) is 6.93. The van der Waals surface area contributed by atoms with Crippen molar-refractivity contribution < 1.29 is 18.8 Å². The molecule has 3 heterocycles. The number of hydrogen-bond donors (Lipinski definition) is 0. The van der Waals surface area contributed by atoms with Crippen molar-refractivity contribution in [1.29, 1.82) is 0 Å². The van der Waals surface area contributed by atoms with Gasteiger partial charge in [0.2, 0.25) is 0 Å². The zero-order valence-electron chi connectivity index (χ0n) is 12.3. The molecule has 0 spiro atoms. The highest BCUT2D eigenvalue weighted by atomic mass is 32.1. The lowest BCUT2D eigenvalue weighted by molar-refractivity contribution is -0.0720. The SMILES string of the molecule is CC1(C)OB(c2csc(OCC3CCO3)n2)OC1(C)C. The Kier molecular flexibility index (Phi) is 3.57. The molecule has 2 aliphatic rings. The fourth-order valence-corrected chi connectivity index (χ4v) is 2.67. The van der Waals surface area contributed by atoms with Crippen LogP contribution in [-0.2, 0) is 14.0 Å². The standard InChI is InChI=1S/C13H20BNO4S/c1-12(2)13(3,4)19-14(18-12)10-8-20-11(15-10)17-7-9-5-6-16-9/h8-9H,5-7H2,1-4H3. The number of nitrogens with zero attached hydrogens (tertiary/aromatic N) is 1. The molecular formula is C13H20BNO4S. The molecule has 2 fully saturated rings. The summed E-state index contributed by atoms with van der Waals surface area (Å²) in [6.07, 6.45) is 1.29. The molecule has 110 valence electrons. The van der Waals surface area contributed by atoms with Crippen LogP contribution in [-0.4, -0.2) is 42.6 Å². The first kappa shape index (κ1) is 14.3. The summed E-state index contributed by atoms with van der Waals surface area (Å²) < 4.78 is 22.9. The molecular weight excluding hydrogens is 277 g/mol.